The maximum absolute atomic E-state index is 6.23. The van der Waals surface area contributed by atoms with Crippen molar-refractivity contribution in [3.05, 3.63) is 38.8 Å². The second kappa shape index (κ2) is 4.82. The molecular weight excluding hydrogens is 287 g/mol. The van der Waals surface area contributed by atoms with Crippen LogP contribution in [0.4, 0.5) is 0 Å². The molecule has 0 fully saturated rings. The molecule has 1 unspecified atom stereocenters. The summed E-state index contributed by atoms with van der Waals surface area (Å²) in [5, 5.41) is 2.05. The van der Waals surface area contributed by atoms with Crippen molar-refractivity contribution in [1.29, 1.82) is 0 Å². The molecule has 0 bridgehead atoms. The van der Waals surface area contributed by atoms with Crippen LogP contribution in [-0.4, -0.2) is 4.98 Å². The Morgan fingerprint density at radius 2 is 2.17 bits per heavy atom. The Balaban J connectivity index is 2.10. The summed E-state index contributed by atoms with van der Waals surface area (Å²) < 4.78 is 0. The van der Waals surface area contributed by atoms with Crippen LogP contribution in [0.25, 0.3) is 10.6 Å². The lowest BCUT2D eigenvalue weighted by atomic mass is 9.99. The van der Waals surface area contributed by atoms with Crippen LogP contribution >= 0.6 is 34.5 Å². The van der Waals surface area contributed by atoms with Gasteiger partial charge in [-0.25, -0.2) is 4.98 Å². The van der Waals surface area contributed by atoms with Crippen LogP contribution < -0.4 is 5.73 Å². The largest absolute Gasteiger partial charge is 0.323 e. The van der Waals surface area contributed by atoms with Gasteiger partial charge in [-0.3, -0.25) is 0 Å². The van der Waals surface area contributed by atoms with Gasteiger partial charge in [0.15, 0.2) is 0 Å². The van der Waals surface area contributed by atoms with Gasteiger partial charge in [0.25, 0.3) is 0 Å². The molecule has 1 aromatic carbocycles. The third-order valence-corrected chi connectivity index (χ3v) is 5.16. The second-order valence-electron chi connectivity index (χ2n) is 4.43. The summed E-state index contributed by atoms with van der Waals surface area (Å²) in [6, 6.07) is 5.69. The lowest BCUT2D eigenvalue weighted by Crippen LogP contribution is -2.16. The van der Waals surface area contributed by atoms with Crippen LogP contribution in [0.2, 0.25) is 10.0 Å². The van der Waals surface area contributed by atoms with Gasteiger partial charge in [-0.05, 0) is 25.3 Å². The molecule has 3 rings (SSSR count). The van der Waals surface area contributed by atoms with Crippen molar-refractivity contribution in [3.8, 4) is 10.6 Å². The standard InChI is InChI=1S/C13H12Cl2N2S/c14-8-4-1-3-7(11(8)15)13-17-12-9(16)5-2-6-10(12)18-13/h1,3-4,9H,2,5-6,16H2. The fourth-order valence-corrected chi connectivity index (χ4v) is 3.89. The molecule has 0 amide bonds. The summed E-state index contributed by atoms with van der Waals surface area (Å²) in [7, 11) is 0. The molecule has 0 aliphatic heterocycles. The number of nitrogens with zero attached hydrogens (tertiary/aromatic N) is 1. The third-order valence-electron chi connectivity index (χ3n) is 3.18. The van der Waals surface area contributed by atoms with Crippen LogP contribution in [0.15, 0.2) is 18.2 Å². The highest BCUT2D eigenvalue weighted by molar-refractivity contribution is 7.15. The summed E-state index contributed by atoms with van der Waals surface area (Å²) in [6.07, 6.45) is 3.22. The number of fused-ring (bicyclic) bond motifs is 1. The lowest BCUT2D eigenvalue weighted by Gasteiger charge is -2.15. The Hall–Kier alpha value is -0.610. The SMILES string of the molecule is NC1CCCc2sc(-c3cccc(Cl)c3Cl)nc21. The van der Waals surface area contributed by atoms with Gasteiger partial charge in [0.1, 0.15) is 5.01 Å². The van der Waals surface area contributed by atoms with Gasteiger partial charge in [-0.1, -0.05) is 35.3 Å². The molecule has 1 atom stereocenters. The van der Waals surface area contributed by atoms with Crippen molar-refractivity contribution in [1.82, 2.24) is 4.98 Å². The molecule has 94 valence electrons. The van der Waals surface area contributed by atoms with Crippen LogP contribution in [-0.2, 0) is 6.42 Å². The molecule has 0 saturated heterocycles. The first-order valence-corrected chi connectivity index (χ1v) is 7.43. The van der Waals surface area contributed by atoms with E-state index < -0.39 is 0 Å². The van der Waals surface area contributed by atoms with E-state index in [2.05, 4.69) is 4.98 Å². The summed E-state index contributed by atoms with van der Waals surface area (Å²) in [5.74, 6) is 0. The third kappa shape index (κ3) is 2.05. The Bertz CT molecular complexity index is 595. The number of hydrogen-bond donors (Lipinski definition) is 1. The number of aromatic nitrogens is 1. The number of benzene rings is 1. The van der Waals surface area contributed by atoms with Crippen LogP contribution in [0, 0.1) is 0 Å². The Morgan fingerprint density at radius 1 is 1.33 bits per heavy atom. The van der Waals surface area contributed by atoms with E-state index in [4.69, 9.17) is 28.9 Å². The fourth-order valence-electron chi connectivity index (χ4n) is 2.24. The van der Waals surface area contributed by atoms with E-state index in [1.165, 1.54) is 4.88 Å². The van der Waals surface area contributed by atoms with Crippen molar-refractivity contribution < 1.29 is 0 Å². The highest BCUT2D eigenvalue weighted by atomic mass is 35.5. The summed E-state index contributed by atoms with van der Waals surface area (Å²) in [5.41, 5.74) is 8.03. The molecular formula is C13H12Cl2N2S. The molecule has 1 heterocycles. The lowest BCUT2D eigenvalue weighted by molar-refractivity contribution is 0.564. The first-order chi connectivity index (χ1) is 8.66. The van der Waals surface area contributed by atoms with Gasteiger partial charge < -0.3 is 5.73 Å². The Morgan fingerprint density at radius 3 is 2.94 bits per heavy atom. The highest BCUT2D eigenvalue weighted by Gasteiger charge is 2.23. The maximum atomic E-state index is 6.23. The molecule has 0 radical (unpaired) electrons. The van der Waals surface area contributed by atoms with E-state index in [0.717, 1.165) is 35.5 Å². The van der Waals surface area contributed by atoms with Gasteiger partial charge in [-0.15, -0.1) is 11.3 Å². The quantitative estimate of drug-likeness (QED) is 0.844. The van der Waals surface area contributed by atoms with Crippen molar-refractivity contribution in [2.75, 3.05) is 0 Å². The van der Waals surface area contributed by atoms with Gasteiger partial charge >= 0.3 is 0 Å². The summed E-state index contributed by atoms with van der Waals surface area (Å²) >= 11 is 14.0. The van der Waals surface area contributed by atoms with Crippen molar-refractivity contribution in [2.45, 2.75) is 25.3 Å². The predicted molar refractivity (Wildman–Crippen MR) is 77.4 cm³/mol. The molecule has 18 heavy (non-hydrogen) atoms. The van der Waals surface area contributed by atoms with E-state index in [9.17, 15) is 0 Å². The molecule has 0 spiro atoms. The average molecular weight is 299 g/mol. The second-order valence-corrected chi connectivity index (χ2v) is 6.30. The summed E-state index contributed by atoms with van der Waals surface area (Å²) in [4.78, 5) is 5.95. The zero-order valence-electron chi connectivity index (χ0n) is 9.62. The topological polar surface area (TPSA) is 38.9 Å². The average Bonchev–Trinajstić information content (AvgIpc) is 2.78. The molecule has 5 heteroatoms. The number of nitrogens with two attached hydrogens (primary N) is 1. The van der Waals surface area contributed by atoms with E-state index in [1.54, 1.807) is 17.4 Å². The highest BCUT2D eigenvalue weighted by Crippen LogP contribution is 2.40. The molecule has 0 saturated carbocycles. The van der Waals surface area contributed by atoms with E-state index in [1.807, 2.05) is 12.1 Å². The van der Waals surface area contributed by atoms with Crippen molar-refractivity contribution in [3.63, 3.8) is 0 Å². The van der Waals surface area contributed by atoms with Crippen LogP contribution in [0.3, 0.4) is 0 Å². The first-order valence-electron chi connectivity index (χ1n) is 5.86. The number of rotatable bonds is 1. The molecule has 2 nitrogen and oxygen atoms in total. The molecule has 1 aromatic heterocycles. The van der Waals surface area contributed by atoms with Gasteiger partial charge in [0.05, 0.1) is 15.7 Å². The number of aryl methyl sites for hydroxylation is 1. The van der Waals surface area contributed by atoms with Gasteiger partial charge in [0, 0.05) is 16.5 Å². The number of hydrogen-bond acceptors (Lipinski definition) is 3. The molecule has 2 N–H and O–H groups in total. The van der Waals surface area contributed by atoms with Crippen LogP contribution in [0.1, 0.15) is 29.5 Å². The van der Waals surface area contributed by atoms with E-state index >= 15 is 0 Å². The Kier molecular flexibility index (Phi) is 3.32. The number of halogens is 2. The minimum absolute atomic E-state index is 0.0664. The maximum Gasteiger partial charge on any atom is 0.125 e. The predicted octanol–water partition coefficient (Wildman–Crippen LogP) is 4.45. The number of thiazole rings is 1. The minimum Gasteiger partial charge on any atom is -0.323 e. The monoisotopic (exact) mass is 298 g/mol. The summed E-state index contributed by atoms with van der Waals surface area (Å²) in [6.45, 7) is 0. The van der Waals surface area contributed by atoms with Crippen LogP contribution in [0.5, 0.6) is 0 Å². The Labute approximate surface area is 120 Å². The van der Waals surface area contributed by atoms with E-state index in [0.29, 0.717) is 10.0 Å². The zero-order chi connectivity index (χ0) is 12.7. The zero-order valence-corrected chi connectivity index (χ0v) is 11.9. The molecule has 2 aromatic rings. The van der Waals surface area contributed by atoms with E-state index in [-0.39, 0.29) is 6.04 Å². The normalized spacial score (nSPS) is 18.7. The van der Waals surface area contributed by atoms with Crippen molar-refractivity contribution >= 4 is 34.5 Å². The smallest absolute Gasteiger partial charge is 0.125 e. The van der Waals surface area contributed by atoms with Gasteiger partial charge in [0.2, 0.25) is 0 Å². The molecule has 1 aliphatic carbocycles. The fraction of sp³-hybridized carbons (Fsp3) is 0.308. The van der Waals surface area contributed by atoms with Gasteiger partial charge in [-0.2, -0.15) is 0 Å². The minimum atomic E-state index is 0.0664. The van der Waals surface area contributed by atoms with Crippen molar-refractivity contribution in [2.24, 2.45) is 5.73 Å². The molecule has 1 aliphatic rings. The first kappa shape index (κ1) is 12.4.